The number of hydrogen-bond donors (Lipinski definition) is 1. The number of nitrogens with one attached hydrogen (secondary N) is 1. The van der Waals surface area contributed by atoms with Crippen molar-refractivity contribution in [2.45, 2.75) is 25.5 Å². The van der Waals surface area contributed by atoms with Crippen LogP contribution in [0.4, 0.5) is 50.4 Å². The van der Waals surface area contributed by atoms with Gasteiger partial charge in [-0.2, -0.15) is 0 Å². The van der Waals surface area contributed by atoms with Crippen molar-refractivity contribution in [3.63, 3.8) is 0 Å². The van der Waals surface area contributed by atoms with Gasteiger partial charge in [-0.1, -0.05) is 42.5 Å². The number of H-pyrrole nitrogens is 1. The molecule has 4 aromatic rings. The minimum absolute atomic E-state index is 0.552. The second-order valence-corrected chi connectivity index (χ2v) is 12.8. The first-order chi connectivity index (χ1) is 18.2. The van der Waals surface area contributed by atoms with Crippen LogP contribution >= 0.6 is 27.2 Å². The molecule has 19 heteroatoms. The Morgan fingerprint density at radius 2 is 1.12 bits per heavy atom. The van der Waals surface area contributed by atoms with E-state index in [2.05, 4.69) is 85.9 Å². The van der Waals surface area contributed by atoms with E-state index in [0.717, 1.165) is 25.2 Å². The first-order valence-corrected chi connectivity index (χ1v) is 15.7. The van der Waals surface area contributed by atoms with Crippen LogP contribution in [-0.2, 0) is 25.5 Å². The summed E-state index contributed by atoms with van der Waals surface area (Å²) in [6.45, 7) is 2.59. The van der Waals surface area contributed by atoms with Gasteiger partial charge in [0.2, 0.25) is 12.7 Å². The number of alkyl halides is 1. The molecule has 0 fully saturated rings. The van der Waals surface area contributed by atoms with Crippen molar-refractivity contribution in [3.05, 3.63) is 108 Å². The topological polar surface area (TPSA) is 28.5 Å². The summed E-state index contributed by atoms with van der Waals surface area (Å²) in [4.78, 5) is 3.08. The Labute approximate surface area is 230 Å². The maximum atomic E-state index is 9.87. The van der Waals surface area contributed by atoms with E-state index in [9.17, 15) is 50.4 Å². The summed E-state index contributed by atoms with van der Waals surface area (Å²) in [5.74, 6) is 0.552. The van der Waals surface area contributed by atoms with Gasteiger partial charge in [-0.05, 0) is 28.3 Å². The summed E-state index contributed by atoms with van der Waals surface area (Å²) in [5, 5.41) is 0. The molecule has 2 heterocycles. The Hall–Kier alpha value is -2.83. The molecule has 0 bridgehead atoms. The van der Waals surface area contributed by atoms with Crippen LogP contribution < -0.4 is 9.13 Å². The molecule has 41 heavy (non-hydrogen) atoms. The van der Waals surface area contributed by atoms with Gasteiger partial charge < -0.3 is 0 Å². The van der Waals surface area contributed by atoms with E-state index >= 15 is 0 Å². The molecule has 2 aromatic carbocycles. The van der Waals surface area contributed by atoms with Crippen LogP contribution in [0, 0.1) is 0 Å². The van der Waals surface area contributed by atoms with E-state index < -0.39 is 15.6 Å². The fourth-order valence-electron chi connectivity index (χ4n) is 3.31. The molecule has 0 aliphatic heterocycles. The predicted octanol–water partition coefficient (Wildman–Crippen LogP) is 10.0. The molecular formula is C22H23ClF12N4P2. The zero-order valence-electron chi connectivity index (χ0n) is 20.6. The van der Waals surface area contributed by atoms with Gasteiger partial charge >= 0.3 is 66.0 Å². The Bertz CT molecular complexity index is 1390. The number of benzene rings is 2. The normalized spacial score (nSPS) is 15.1. The SMILES string of the molecule is ClCc1cccc(Cn2cc[n+](Cc3cccc(C[n+]4cc[nH]c4)c3)c2)c1.F[P-](F)(F)(F)(F)F.F[P-](F)(F)(F)(F)F. The van der Waals surface area contributed by atoms with Crippen LogP contribution in [0.25, 0.3) is 0 Å². The van der Waals surface area contributed by atoms with Gasteiger partial charge in [0.25, 0.3) is 0 Å². The van der Waals surface area contributed by atoms with Crippen molar-refractivity contribution in [1.29, 1.82) is 0 Å². The fraction of sp³-hybridized carbons (Fsp3) is 0.182. The number of aromatic amines is 1. The van der Waals surface area contributed by atoms with Crippen LogP contribution in [0.1, 0.15) is 22.3 Å². The summed E-state index contributed by atoms with van der Waals surface area (Å²) in [7, 11) is -21.3. The molecule has 0 aliphatic carbocycles. The summed E-state index contributed by atoms with van der Waals surface area (Å²) in [6.07, 6.45) is 12.3. The van der Waals surface area contributed by atoms with E-state index in [1.54, 1.807) is 0 Å². The van der Waals surface area contributed by atoms with Gasteiger partial charge in [-0.3, -0.25) is 4.98 Å². The Morgan fingerprint density at radius 1 is 0.659 bits per heavy atom. The second kappa shape index (κ2) is 10.8. The van der Waals surface area contributed by atoms with Gasteiger partial charge in [-0.25, -0.2) is 13.7 Å². The van der Waals surface area contributed by atoms with Crippen LogP contribution in [-0.4, -0.2) is 9.55 Å². The molecule has 0 saturated heterocycles. The number of nitrogens with zero attached hydrogens (tertiary/aromatic N) is 3. The van der Waals surface area contributed by atoms with E-state index in [1.165, 1.54) is 16.7 Å². The molecule has 4 nitrogen and oxygen atoms in total. The first kappa shape index (κ1) is 34.4. The van der Waals surface area contributed by atoms with Gasteiger partial charge in [0.15, 0.2) is 0 Å². The Kier molecular flexibility index (Phi) is 9.04. The Morgan fingerprint density at radius 3 is 1.61 bits per heavy atom. The number of rotatable bonds is 7. The molecule has 0 unspecified atom stereocenters. The molecule has 232 valence electrons. The fourth-order valence-corrected chi connectivity index (χ4v) is 3.48. The van der Waals surface area contributed by atoms with Crippen LogP contribution in [0.3, 0.4) is 0 Å². The molecular weight excluding hydrogens is 646 g/mol. The summed E-state index contributed by atoms with van der Waals surface area (Å²) < 4.78 is 125. The molecule has 0 aliphatic rings. The van der Waals surface area contributed by atoms with Crippen LogP contribution in [0.15, 0.2) is 86.0 Å². The molecule has 2 aromatic heterocycles. The van der Waals surface area contributed by atoms with Crippen molar-refractivity contribution in [1.82, 2.24) is 9.55 Å². The molecule has 0 amide bonds. The molecule has 1 N–H and O–H groups in total. The number of hydrogen-bond acceptors (Lipinski definition) is 0. The third-order valence-corrected chi connectivity index (χ3v) is 4.89. The van der Waals surface area contributed by atoms with Crippen LogP contribution in [0.2, 0.25) is 0 Å². The van der Waals surface area contributed by atoms with Crippen molar-refractivity contribution >= 4 is 27.2 Å². The molecule has 0 radical (unpaired) electrons. The number of aromatic nitrogens is 4. The predicted molar refractivity (Wildman–Crippen MR) is 132 cm³/mol. The summed E-state index contributed by atoms with van der Waals surface area (Å²) >= 11 is 5.94. The number of halogens is 13. The van der Waals surface area contributed by atoms with Gasteiger partial charge in [0.05, 0.1) is 0 Å². The first-order valence-electron chi connectivity index (χ1n) is 11.1. The van der Waals surface area contributed by atoms with E-state index in [1.807, 2.05) is 18.7 Å². The maximum absolute atomic E-state index is 10.7. The van der Waals surface area contributed by atoms with Gasteiger partial charge in [-0.15, -0.1) is 11.6 Å². The molecule has 4 rings (SSSR count). The third kappa shape index (κ3) is 20.7. The van der Waals surface area contributed by atoms with Crippen LogP contribution in [0.5, 0.6) is 0 Å². The van der Waals surface area contributed by atoms with Gasteiger partial charge in [0, 0.05) is 5.88 Å². The second-order valence-electron chi connectivity index (χ2n) is 8.73. The van der Waals surface area contributed by atoms with Gasteiger partial charge in [0.1, 0.15) is 44.4 Å². The van der Waals surface area contributed by atoms with Crippen molar-refractivity contribution in [2.24, 2.45) is 0 Å². The Balaban J connectivity index is 0.000000349. The van der Waals surface area contributed by atoms with Crippen molar-refractivity contribution in [2.75, 3.05) is 0 Å². The summed E-state index contributed by atoms with van der Waals surface area (Å²) in [5.41, 5.74) is 5.03. The third-order valence-electron chi connectivity index (χ3n) is 4.58. The minimum atomic E-state index is -10.7. The molecule has 0 atom stereocenters. The van der Waals surface area contributed by atoms with Crippen molar-refractivity contribution in [3.8, 4) is 0 Å². The van der Waals surface area contributed by atoms with E-state index in [4.69, 9.17) is 11.6 Å². The summed E-state index contributed by atoms with van der Waals surface area (Å²) in [6, 6.07) is 17.2. The standard InChI is InChI=1S/C22H22ClN4.2F6P/c23-13-19-3-1-4-20(11-19)15-26-9-10-27(18-26)16-22-6-2-5-21(12-22)14-25-8-7-24-17-25;2*1-7(2,3,4,5)6/h1-12,17-18H,13-16H2;;/q+1;2*-1/p+1. The molecule has 0 saturated carbocycles. The quantitative estimate of drug-likeness (QED) is 0.0879. The van der Waals surface area contributed by atoms with Crippen molar-refractivity contribution < 1.29 is 59.5 Å². The van der Waals surface area contributed by atoms with E-state index in [0.29, 0.717) is 5.88 Å². The average Bonchev–Trinajstić information content (AvgIpc) is 3.42. The zero-order chi connectivity index (χ0) is 31.3. The monoisotopic (exact) mass is 668 g/mol. The molecule has 0 spiro atoms. The number of imidazole rings is 2. The van der Waals surface area contributed by atoms with E-state index in [-0.39, 0.29) is 0 Å². The zero-order valence-corrected chi connectivity index (χ0v) is 23.1. The average molecular weight is 669 g/mol.